The minimum Gasteiger partial charge on any atom is -0.354 e. The van der Waals surface area contributed by atoms with Crippen LogP contribution in [0, 0.1) is 0 Å². The Balaban J connectivity index is 1.79. The standard InChI is InChI=1S/C15H14ClN5OS/c16-11-3-1-2-10(8-11)14-19-21-13(22)9-12(18-15(21)23-14)20-6-4-17-5-7-20/h1-3,8-9,17H,4-7H2. The smallest absolute Gasteiger partial charge is 0.277 e. The van der Waals surface area contributed by atoms with Crippen LogP contribution in [0.1, 0.15) is 0 Å². The van der Waals surface area contributed by atoms with E-state index < -0.39 is 0 Å². The summed E-state index contributed by atoms with van der Waals surface area (Å²) in [5.74, 6) is 0.720. The van der Waals surface area contributed by atoms with Crippen LogP contribution in [0.5, 0.6) is 0 Å². The fraction of sp³-hybridized carbons (Fsp3) is 0.267. The molecule has 0 bridgehead atoms. The molecule has 0 amide bonds. The number of fused-ring (bicyclic) bond motifs is 1. The molecule has 3 heterocycles. The lowest BCUT2D eigenvalue weighted by Crippen LogP contribution is -2.44. The van der Waals surface area contributed by atoms with Gasteiger partial charge in [0.25, 0.3) is 5.56 Å². The number of piperazine rings is 1. The number of benzene rings is 1. The number of nitrogens with zero attached hydrogens (tertiary/aromatic N) is 4. The van der Waals surface area contributed by atoms with Crippen LogP contribution >= 0.6 is 22.9 Å². The molecular weight excluding hydrogens is 334 g/mol. The third kappa shape index (κ3) is 2.83. The van der Waals surface area contributed by atoms with Crippen molar-refractivity contribution < 1.29 is 0 Å². The van der Waals surface area contributed by atoms with Crippen molar-refractivity contribution in [2.24, 2.45) is 0 Å². The van der Waals surface area contributed by atoms with Gasteiger partial charge in [-0.2, -0.15) is 9.61 Å². The van der Waals surface area contributed by atoms with Gasteiger partial charge in [-0.25, -0.2) is 4.98 Å². The molecule has 2 aromatic heterocycles. The largest absolute Gasteiger partial charge is 0.354 e. The maximum absolute atomic E-state index is 12.4. The van der Waals surface area contributed by atoms with E-state index in [1.807, 2.05) is 24.3 Å². The minimum absolute atomic E-state index is 0.159. The number of halogens is 1. The number of nitrogens with one attached hydrogen (secondary N) is 1. The molecule has 3 aromatic rings. The molecule has 0 unspecified atom stereocenters. The van der Waals surface area contributed by atoms with Crippen molar-refractivity contribution in [2.75, 3.05) is 31.1 Å². The lowest BCUT2D eigenvalue weighted by atomic mass is 10.2. The molecule has 0 spiro atoms. The summed E-state index contributed by atoms with van der Waals surface area (Å²) in [5, 5.41) is 9.05. The molecule has 4 rings (SSSR count). The van der Waals surface area contributed by atoms with Gasteiger partial charge in [-0.3, -0.25) is 4.79 Å². The van der Waals surface area contributed by atoms with E-state index in [-0.39, 0.29) is 5.56 Å². The highest BCUT2D eigenvalue weighted by Crippen LogP contribution is 2.27. The number of anilines is 1. The summed E-state index contributed by atoms with van der Waals surface area (Å²) in [7, 11) is 0. The monoisotopic (exact) mass is 347 g/mol. The number of rotatable bonds is 2. The maximum atomic E-state index is 12.4. The van der Waals surface area contributed by atoms with E-state index in [1.54, 1.807) is 6.07 Å². The van der Waals surface area contributed by atoms with E-state index in [2.05, 4.69) is 20.3 Å². The van der Waals surface area contributed by atoms with Crippen LogP contribution in [0.3, 0.4) is 0 Å². The first-order valence-electron chi connectivity index (χ1n) is 7.33. The summed E-state index contributed by atoms with van der Waals surface area (Å²) in [6.07, 6.45) is 0. The number of aromatic nitrogens is 3. The molecule has 6 nitrogen and oxygen atoms in total. The average molecular weight is 348 g/mol. The highest BCUT2D eigenvalue weighted by atomic mass is 35.5. The predicted molar refractivity (Wildman–Crippen MR) is 92.7 cm³/mol. The molecule has 1 N–H and O–H groups in total. The van der Waals surface area contributed by atoms with E-state index in [4.69, 9.17) is 11.6 Å². The van der Waals surface area contributed by atoms with Crippen molar-refractivity contribution in [2.45, 2.75) is 0 Å². The zero-order valence-corrected chi connectivity index (χ0v) is 13.8. The van der Waals surface area contributed by atoms with Gasteiger partial charge in [-0.15, -0.1) is 0 Å². The van der Waals surface area contributed by atoms with Gasteiger partial charge in [-0.1, -0.05) is 35.1 Å². The van der Waals surface area contributed by atoms with Crippen molar-refractivity contribution in [3.05, 3.63) is 45.7 Å². The molecule has 1 aliphatic heterocycles. The topological polar surface area (TPSA) is 62.5 Å². The Morgan fingerprint density at radius 3 is 2.83 bits per heavy atom. The average Bonchev–Trinajstić information content (AvgIpc) is 3.00. The molecular formula is C15H14ClN5OS. The van der Waals surface area contributed by atoms with E-state index >= 15 is 0 Å². The van der Waals surface area contributed by atoms with Gasteiger partial charge in [0.15, 0.2) is 0 Å². The summed E-state index contributed by atoms with van der Waals surface area (Å²) in [6.45, 7) is 3.50. The Labute approximate surface area is 141 Å². The van der Waals surface area contributed by atoms with Crippen LogP contribution in [0.25, 0.3) is 15.5 Å². The van der Waals surface area contributed by atoms with E-state index in [0.717, 1.165) is 42.6 Å². The zero-order valence-electron chi connectivity index (χ0n) is 12.2. The second-order valence-corrected chi connectivity index (χ2v) is 6.69. The first kappa shape index (κ1) is 14.6. The van der Waals surface area contributed by atoms with Gasteiger partial charge in [0.1, 0.15) is 10.8 Å². The van der Waals surface area contributed by atoms with Gasteiger partial charge in [-0.05, 0) is 12.1 Å². The normalized spacial score (nSPS) is 15.3. The van der Waals surface area contributed by atoms with Gasteiger partial charge in [0, 0.05) is 42.8 Å². The Bertz CT molecular complexity index is 916. The predicted octanol–water partition coefficient (Wildman–Crippen LogP) is 1.88. The summed E-state index contributed by atoms with van der Waals surface area (Å²) in [6, 6.07) is 8.99. The van der Waals surface area contributed by atoms with Crippen LogP contribution < -0.4 is 15.8 Å². The molecule has 0 aliphatic carbocycles. The van der Waals surface area contributed by atoms with Crippen molar-refractivity contribution in [3.8, 4) is 10.6 Å². The fourth-order valence-electron chi connectivity index (χ4n) is 2.59. The van der Waals surface area contributed by atoms with Gasteiger partial charge >= 0.3 is 0 Å². The van der Waals surface area contributed by atoms with Crippen LogP contribution in [0.15, 0.2) is 35.1 Å². The summed E-state index contributed by atoms with van der Waals surface area (Å²) < 4.78 is 1.35. The molecule has 1 aromatic carbocycles. The fourth-order valence-corrected chi connectivity index (χ4v) is 3.68. The van der Waals surface area contributed by atoms with Crippen molar-refractivity contribution in [1.82, 2.24) is 19.9 Å². The van der Waals surface area contributed by atoms with Gasteiger partial charge in [0.2, 0.25) is 4.96 Å². The second-order valence-electron chi connectivity index (χ2n) is 5.30. The summed E-state index contributed by atoms with van der Waals surface area (Å²) in [4.78, 5) is 19.7. The third-order valence-electron chi connectivity index (χ3n) is 3.74. The first-order valence-corrected chi connectivity index (χ1v) is 8.53. The molecule has 1 saturated heterocycles. The first-order chi connectivity index (χ1) is 11.2. The van der Waals surface area contributed by atoms with Crippen molar-refractivity contribution in [1.29, 1.82) is 0 Å². The lowest BCUT2D eigenvalue weighted by molar-refractivity contribution is 0.584. The molecule has 8 heteroatoms. The SMILES string of the molecule is O=c1cc(N2CCNCC2)nc2sc(-c3cccc(Cl)c3)nn12. The molecule has 1 fully saturated rings. The van der Waals surface area contributed by atoms with Crippen LogP contribution in [-0.2, 0) is 0 Å². The summed E-state index contributed by atoms with van der Waals surface area (Å²) in [5.41, 5.74) is 0.726. The molecule has 0 saturated carbocycles. The Hall–Kier alpha value is -1.96. The molecule has 23 heavy (non-hydrogen) atoms. The molecule has 1 aliphatic rings. The molecule has 0 atom stereocenters. The zero-order chi connectivity index (χ0) is 15.8. The molecule has 0 radical (unpaired) electrons. The minimum atomic E-state index is -0.159. The quantitative estimate of drug-likeness (QED) is 0.767. The Kier molecular flexibility index (Phi) is 3.76. The van der Waals surface area contributed by atoms with Crippen molar-refractivity contribution in [3.63, 3.8) is 0 Å². The second kappa shape index (κ2) is 5.92. The highest BCUT2D eigenvalue weighted by molar-refractivity contribution is 7.19. The Morgan fingerprint density at radius 1 is 1.22 bits per heavy atom. The van der Waals surface area contributed by atoms with E-state index in [9.17, 15) is 4.79 Å². The van der Waals surface area contributed by atoms with Crippen LogP contribution in [-0.4, -0.2) is 40.8 Å². The van der Waals surface area contributed by atoms with Gasteiger partial charge in [0.05, 0.1) is 0 Å². The van der Waals surface area contributed by atoms with Crippen LogP contribution in [0.4, 0.5) is 5.82 Å². The highest BCUT2D eigenvalue weighted by Gasteiger charge is 2.16. The third-order valence-corrected chi connectivity index (χ3v) is 4.94. The molecule has 118 valence electrons. The number of hydrogen-bond donors (Lipinski definition) is 1. The number of hydrogen-bond acceptors (Lipinski definition) is 6. The van der Waals surface area contributed by atoms with Crippen molar-refractivity contribution >= 4 is 33.7 Å². The maximum Gasteiger partial charge on any atom is 0.277 e. The van der Waals surface area contributed by atoms with E-state index in [0.29, 0.717) is 9.98 Å². The van der Waals surface area contributed by atoms with E-state index in [1.165, 1.54) is 15.9 Å². The van der Waals surface area contributed by atoms with Crippen LogP contribution in [0.2, 0.25) is 5.02 Å². The Morgan fingerprint density at radius 2 is 2.04 bits per heavy atom. The lowest BCUT2D eigenvalue weighted by Gasteiger charge is -2.27. The summed E-state index contributed by atoms with van der Waals surface area (Å²) >= 11 is 7.42. The van der Waals surface area contributed by atoms with Gasteiger partial charge < -0.3 is 10.2 Å².